The van der Waals surface area contributed by atoms with Crippen LogP contribution in [-0.4, -0.2) is 13.0 Å². The van der Waals surface area contributed by atoms with Crippen molar-refractivity contribution in [2.75, 3.05) is 0 Å². The number of benzene rings is 2. The van der Waals surface area contributed by atoms with Crippen LogP contribution in [-0.2, 0) is 10.1 Å². The minimum absolute atomic E-state index is 0.172. The molecule has 1 N–H and O–H groups in total. The van der Waals surface area contributed by atoms with E-state index in [9.17, 15) is 8.42 Å². The standard InChI is InChI=1S/C12H10O4S2/c13-18(14,15)10-7-5-9(6-8-10)16-11-3-1-2-4-12(11)17/h1-8,17H,(H,13,14,15). The molecule has 2 aromatic rings. The maximum atomic E-state index is 10.9. The lowest BCUT2D eigenvalue weighted by Crippen LogP contribution is -1.97. The van der Waals surface area contributed by atoms with E-state index in [-0.39, 0.29) is 4.90 Å². The zero-order chi connectivity index (χ0) is 13.2. The summed E-state index contributed by atoms with van der Waals surface area (Å²) in [6.45, 7) is 0. The zero-order valence-electron chi connectivity index (χ0n) is 9.15. The molecule has 2 aromatic carbocycles. The van der Waals surface area contributed by atoms with Gasteiger partial charge >= 0.3 is 0 Å². The molecule has 6 heteroatoms. The van der Waals surface area contributed by atoms with E-state index in [1.165, 1.54) is 24.3 Å². The Morgan fingerprint density at radius 2 is 1.61 bits per heavy atom. The monoisotopic (exact) mass is 282 g/mol. The zero-order valence-corrected chi connectivity index (χ0v) is 10.9. The molecule has 18 heavy (non-hydrogen) atoms. The topological polar surface area (TPSA) is 63.6 Å². The van der Waals surface area contributed by atoms with Crippen LogP contribution in [0.2, 0.25) is 0 Å². The van der Waals surface area contributed by atoms with Crippen molar-refractivity contribution in [2.24, 2.45) is 0 Å². The second-order valence-electron chi connectivity index (χ2n) is 3.52. The van der Waals surface area contributed by atoms with E-state index in [4.69, 9.17) is 9.29 Å². The molecule has 0 aliphatic rings. The van der Waals surface area contributed by atoms with Crippen molar-refractivity contribution >= 4 is 22.7 Å². The van der Waals surface area contributed by atoms with E-state index in [1.54, 1.807) is 12.1 Å². The summed E-state index contributed by atoms with van der Waals surface area (Å²) in [6.07, 6.45) is 0. The van der Waals surface area contributed by atoms with Gasteiger partial charge in [0.1, 0.15) is 11.5 Å². The van der Waals surface area contributed by atoms with Gasteiger partial charge in [-0.2, -0.15) is 8.42 Å². The molecule has 0 radical (unpaired) electrons. The van der Waals surface area contributed by atoms with Crippen molar-refractivity contribution in [3.63, 3.8) is 0 Å². The summed E-state index contributed by atoms with van der Waals surface area (Å²) in [4.78, 5) is 0.505. The average Bonchev–Trinajstić information content (AvgIpc) is 2.32. The number of hydrogen-bond donors (Lipinski definition) is 2. The summed E-state index contributed by atoms with van der Waals surface area (Å²) in [6, 6.07) is 12.6. The van der Waals surface area contributed by atoms with Crippen LogP contribution in [0.5, 0.6) is 11.5 Å². The molecule has 0 amide bonds. The smallest absolute Gasteiger partial charge is 0.294 e. The molecule has 94 valence electrons. The summed E-state index contributed by atoms with van der Waals surface area (Å²) >= 11 is 4.23. The first-order valence-electron chi connectivity index (χ1n) is 5.00. The van der Waals surface area contributed by atoms with Crippen molar-refractivity contribution in [3.05, 3.63) is 48.5 Å². The number of hydrogen-bond acceptors (Lipinski definition) is 4. The van der Waals surface area contributed by atoms with Crippen LogP contribution in [0.3, 0.4) is 0 Å². The third-order valence-corrected chi connectivity index (χ3v) is 3.45. The van der Waals surface area contributed by atoms with E-state index >= 15 is 0 Å². The molecule has 0 aliphatic carbocycles. The van der Waals surface area contributed by atoms with Gasteiger partial charge in [-0.05, 0) is 36.4 Å². The molecule has 0 fully saturated rings. The second kappa shape index (κ2) is 5.01. The molecule has 0 aromatic heterocycles. The number of ether oxygens (including phenoxy) is 1. The first-order valence-corrected chi connectivity index (χ1v) is 6.89. The summed E-state index contributed by atoms with van der Waals surface area (Å²) in [5.74, 6) is 1.03. The van der Waals surface area contributed by atoms with E-state index in [0.29, 0.717) is 16.4 Å². The van der Waals surface area contributed by atoms with Crippen molar-refractivity contribution < 1.29 is 17.7 Å². The van der Waals surface area contributed by atoms with Crippen molar-refractivity contribution in [2.45, 2.75) is 9.79 Å². The van der Waals surface area contributed by atoms with Gasteiger partial charge in [-0.15, -0.1) is 12.6 Å². The van der Waals surface area contributed by atoms with Crippen molar-refractivity contribution in [1.82, 2.24) is 0 Å². The average molecular weight is 282 g/mol. The minimum atomic E-state index is -4.17. The molecule has 2 rings (SSSR count). The Kier molecular flexibility index (Phi) is 3.60. The molecular formula is C12H10O4S2. The Balaban J connectivity index is 2.24. The van der Waals surface area contributed by atoms with Crippen molar-refractivity contribution in [3.8, 4) is 11.5 Å². The Morgan fingerprint density at radius 1 is 1.00 bits per heavy atom. The van der Waals surface area contributed by atoms with Crippen LogP contribution in [0.25, 0.3) is 0 Å². The van der Waals surface area contributed by atoms with E-state index in [2.05, 4.69) is 12.6 Å². The molecule has 0 saturated heterocycles. The van der Waals surface area contributed by atoms with Crippen LogP contribution < -0.4 is 4.74 Å². The summed E-state index contributed by atoms with van der Waals surface area (Å²) in [7, 11) is -4.17. The molecule has 0 aliphatic heterocycles. The van der Waals surface area contributed by atoms with Gasteiger partial charge in [0.25, 0.3) is 10.1 Å². The van der Waals surface area contributed by atoms with Crippen LogP contribution >= 0.6 is 12.6 Å². The molecule has 0 heterocycles. The SMILES string of the molecule is O=S(=O)(O)c1ccc(Oc2ccccc2S)cc1. The molecule has 0 atom stereocenters. The Labute approximate surface area is 110 Å². The largest absolute Gasteiger partial charge is 0.456 e. The number of rotatable bonds is 3. The molecule has 0 spiro atoms. The highest BCUT2D eigenvalue weighted by Crippen LogP contribution is 2.28. The first-order chi connectivity index (χ1) is 8.47. The van der Waals surface area contributed by atoms with Gasteiger partial charge in [0.05, 0.1) is 4.90 Å². The summed E-state index contributed by atoms with van der Waals surface area (Å²) in [5, 5.41) is 0. The van der Waals surface area contributed by atoms with Crippen LogP contribution in [0.15, 0.2) is 58.3 Å². The highest BCUT2D eigenvalue weighted by atomic mass is 32.2. The first kappa shape index (κ1) is 12.9. The maximum Gasteiger partial charge on any atom is 0.294 e. The Morgan fingerprint density at radius 3 is 2.17 bits per heavy atom. The second-order valence-corrected chi connectivity index (χ2v) is 5.42. The van der Waals surface area contributed by atoms with Crippen LogP contribution in [0.1, 0.15) is 0 Å². The fraction of sp³-hybridized carbons (Fsp3) is 0. The minimum Gasteiger partial charge on any atom is -0.456 e. The normalized spacial score (nSPS) is 11.2. The van der Waals surface area contributed by atoms with E-state index in [1.807, 2.05) is 12.1 Å². The molecule has 4 nitrogen and oxygen atoms in total. The van der Waals surface area contributed by atoms with Crippen molar-refractivity contribution in [1.29, 1.82) is 0 Å². The number of thiol groups is 1. The van der Waals surface area contributed by atoms with Gasteiger partial charge in [0, 0.05) is 4.90 Å². The maximum absolute atomic E-state index is 10.9. The molecule has 0 unspecified atom stereocenters. The third kappa shape index (κ3) is 3.04. The van der Waals surface area contributed by atoms with Crippen LogP contribution in [0.4, 0.5) is 0 Å². The molecule has 0 bridgehead atoms. The van der Waals surface area contributed by atoms with E-state index < -0.39 is 10.1 Å². The third-order valence-electron chi connectivity index (χ3n) is 2.21. The molecule has 0 saturated carbocycles. The Hall–Kier alpha value is -1.50. The molecular weight excluding hydrogens is 272 g/mol. The lowest BCUT2D eigenvalue weighted by atomic mass is 10.3. The lowest BCUT2D eigenvalue weighted by molar-refractivity contribution is 0.469. The van der Waals surface area contributed by atoms with Gasteiger partial charge in [0.2, 0.25) is 0 Å². The van der Waals surface area contributed by atoms with Gasteiger partial charge in [0.15, 0.2) is 0 Å². The lowest BCUT2D eigenvalue weighted by Gasteiger charge is -2.07. The highest BCUT2D eigenvalue weighted by molar-refractivity contribution is 7.85. The van der Waals surface area contributed by atoms with Gasteiger partial charge in [-0.1, -0.05) is 12.1 Å². The summed E-state index contributed by atoms with van der Waals surface area (Å²) < 4.78 is 36.1. The summed E-state index contributed by atoms with van der Waals surface area (Å²) in [5.41, 5.74) is 0. The fourth-order valence-electron chi connectivity index (χ4n) is 1.35. The van der Waals surface area contributed by atoms with Crippen LogP contribution in [0, 0.1) is 0 Å². The fourth-order valence-corrected chi connectivity index (χ4v) is 2.04. The highest BCUT2D eigenvalue weighted by Gasteiger charge is 2.09. The quantitative estimate of drug-likeness (QED) is 0.671. The van der Waals surface area contributed by atoms with Gasteiger partial charge in [-0.25, -0.2) is 0 Å². The predicted octanol–water partition coefficient (Wildman–Crippen LogP) is 3.01. The van der Waals surface area contributed by atoms with Gasteiger partial charge < -0.3 is 4.74 Å². The number of para-hydroxylation sites is 1. The predicted molar refractivity (Wildman–Crippen MR) is 70.0 cm³/mol. The Bertz CT molecular complexity index is 648. The van der Waals surface area contributed by atoms with E-state index in [0.717, 1.165) is 0 Å². The van der Waals surface area contributed by atoms with Gasteiger partial charge in [-0.3, -0.25) is 4.55 Å².